The van der Waals surface area contributed by atoms with E-state index in [4.69, 9.17) is 4.74 Å². The Morgan fingerprint density at radius 3 is 2.13 bits per heavy atom. The van der Waals surface area contributed by atoms with Crippen LogP contribution in [0.2, 0.25) is 0 Å². The molecule has 0 aliphatic rings. The number of pyridine rings is 1. The van der Waals surface area contributed by atoms with Crippen LogP contribution >= 0.6 is 0 Å². The van der Waals surface area contributed by atoms with Gasteiger partial charge in [-0.25, -0.2) is 0 Å². The minimum absolute atomic E-state index is 0.0812. The van der Waals surface area contributed by atoms with E-state index in [0.717, 1.165) is 23.3 Å². The second-order valence-electron chi connectivity index (χ2n) is 7.54. The minimum atomic E-state index is 0.0812. The first-order valence-corrected chi connectivity index (χ1v) is 7.87. The molecule has 0 fully saturated rings. The van der Waals surface area contributed by atoms with Gasteiger partial charge in [0.1, 0.15) is 5.75 Å². The molecule has 3 nitrogen and oxygen atoms in total. The summed E-state index contributed by atoms with van der Waals surface area (Å²) in [6.45, 7) is 11.8. The zero-order chi connectivity index (χ0) is 17.1. The highest BCUT2D eigenvalue weighted by molar-refractivity contribution is 5.75. The van der Waals surface area contributed by atoms with Crippen LogP contribution in [0.1, 0.15) is 45.0 Å². The average Bonchev–Trinajstić information content (AvgIpc) is 2.52. The number of hydrogen-bond donors (Lipinski definition) is 0. The van der Waals surface area contributed by atoms with Gasteiger partial charge in [-0.15, -0.1) is 0 Å². The summed E-state index contributed by atoms with van der Waals surface area (Å²) in [7, 11) is 0. The van der Waals surface area contributed by atoms with Crippen molar-refractivity contribution >= 4 is 6.29 Å². The van der Waals surface area contributed by atoms with E-state index in [9.17, 15) is 4.79 Å². The Balaban J connectivity index is 2.06. The molecular formula is C20H25NO2. The lowest BCUT2D eigenvalue weighted by atomic mass is 9.70. The van der Waals surface area contributed by atoms with Gasteiger partial charge in [0.25, 0.3) is 0 Å². The zero-order valence-corrected chi connectivity index (χ0v) is 14.6. The Bertz CT molecular complexity index is 650. The van der Waals surface area contributed by atoms with Crippen LogP contribution in [-0.4, -0.2) is 17.9 Å². The fourth-order valence-corrected chi connectivity index (χ4v) is 1.85. The standard InChI is InChI=1S/C20H25NO2/c1-19(2,3)20(4,5)14-23-17-9-7-16(8-10-17)18-11-6-15(13-22)12-21-18/h6-13H,14H2,1-5H3. The van der Waals surface area contributed by atoms with Gasteiger partial charge in [0.15, 0.2) is 6.29 Å². The van der Waals surface area contributed by atoms with Gasteiger partial charge >= 0.3 is 0 Å². The summed E-state index contributed by atoms with van der Waals surface area (Å²) < 4.78 is 5.96. The smallest absolute Gasteiger partial charge is 0.151 e. The molecule has 0 saturated carbocycles. The lowest BCUT2D eigenvalue weighted by molar-refractivity contribution is 0.0627. The molecule has 2 rings (SSSR count). The number of aromatic nitrogens is 1. The normalized spacial score (nSPS) is 12.0. The number of carbonyl (C=O) groups is 1. The lowest BCUT2D eigenvalue weighted by Crippen LogP contribution is -2.35. The Kier molecular flexibility index (Phi) is 4.88. The van der Waals surface area contributed by atoms with Crippen molar-refractivity contribution in [3.63, 3.8) is 0 Å². The summed E-state index contributed by atoms with van der Waals surface area (Å²) in [5, 5.41) is 0. The van der Waals surface area contributed by atoms with Gasteiger partial charge < -0.3 is 4.74 Å². The fourth-order valence-electron chi connectivity index (χ4n) is 1.85. The van der Waals surface area contributed by atoms with E-state index in [-0.39, 0.29) is 10.8 Å². The van der Waals surface area contributed by atoms with Crippen LogP contribution in [0.25, 0.3) is 11.3 Å². The number of nitrogens with zero attached hydrogens (tertiary/aromatic N) is 1. The number of aldehydes is 1. The van der Waals surface area contributed by atoms with E-state index in [2.05, 4.69) is 39.6 Å². The van der Waals surface area contributed by atoms with Gasteiger partial charge in [0.2, 0.25) is 0 Å². The highest BCUT2D eigenvalue weighted by Crippen LogP contribution is 2.38. The molecule has 0 spiro atoms. The van der Waals surface area contributed by atoms with E-state index in [1.54, 1.807) is 12.3 Å². The molecule has 0 saturated heterocycles. The van der Waals surface area contributed by atoms with Gasteiger partial charge in [-0.05, 0) is 41.8 Å². The molecule has 0 aliphatic heterocycles. The Hall–Kier alpha value is -2.16. The largest absolute Gasteiger partial charge is 0.493 e. The Morgan fingerprint density at radius 1 is 1.00 bits per heavy atom. The molecule has 0 unspecified atom stereocenters. The molecule has 0 aliphatic carbocycles. The molecule has 1 aromatic heterocycles. The number of carbonyl (C=O) groups excluding carboxylic acids is 1. The van der Waals surface area contributed by atoms with Crippen molar-refractivity contribution in [2.45, 2.75) is 34.6 Å². The van der Waals surface area contributed by atoms with Crippen LogP contribution in [0.4, 0.5) is 0 Å². The molecule has 0 radical (unpaired) electrons. The molecule has 0 N–H and O–H groups in total. The van der Waals surface area contributed by atoms with E-state index in [0.29, 0.717) is 12.2 Å². The van der Waals surface area contributed by atoms with Crippen molar-refractivity contribution in [1.82, 2.24) is 4.98 Å². The van der Waals surface area contributed by atoms with Crippen molar-refractivity contribution in [2.24, 2.45) is 10.8 Å². The van der Waals surface area contributed by atoms with Crippen LogP contribution in [0.15, 0.2) is 42.6 Å². The van der Waals surface area contributed by atoms with Gasteiger partial charge in [-0.1, -0.05) is 34.6 Å². The monoisotopic (exact) mass is 311 g/mol. The first-order valence-electron chi connectivity index (χ1n) is 7.87. The molecule has 1 aromatic carbocycles. The quantitative estimate of drug-likeness (QED) is 0.728. The van der Waals surface area contributed by atoms with E-state index in [1.165, 1.54) is 0 Å². The third-order valence-corrected chi connectivity index (χ3v) is 4.70. The summed E-state index contributed by atoms with van der Waals surface area (Å²) in [6.07, 6.45) is 2.38. The maximum Gasteiger partial charge on any atom is 0.151 e. The van der Waals surface area contributed by atoms with E-state index in [1.807, 2.05) is 30.3 Å². The maximum absolute atomic E-state index is 10.7. The molecule has 0 atom stereocenters. The van der Waals surface area contributed by atoms with Crippen molar-refractivity contribution in [3.05, 3.63) is 48.2 Å². The van der Waals surface area contributed by atoms with Crippen molar-refractivity contribution < 1.29 is 9.53 Å². The molecule has 23 heavy (non-hydrogen) atoms. The van der Waals surface area contributed by atoms with Crippen molar-refractivity contribution in [3.8, 4) is 17.0 Å². The number of rotatable bonds is 5. The van der Waals surface area contributed by atoms with Crippen LogP contribution in [0.3, 0.4) is 0 Å². The first kappa shape index (κ1) is 17.2. The lowest BCUT2D eigenvalue weighted by Gasteiger charge is -2.38. The molecule has 2 aromatic rings. The summed E-state index contributed by atoms with van der Waals surface area (Å²) in [5.74, 6) is 0.857. The second kappa shape index (κ2) is 6.53. The molecule has 0 bridgehead atoms. The predicted molar refractivity (Wildman–Crippen MR) is 93.8 cm³/mol. The summed E-state index contributed by atoms with van der Waals surface area (Å²) >= 11 is 0. The van der Waals surface area contributed by atoms with E-state index < -0.39 is 0 Å². The van der Waals surface area contributed by atoms with Crippen LogP contribution < -0.4 is 4.74 Å². The van der Waals surface area contributed by atoms with E-state index >= 15 is 0 Å². The third-order valence-electron chi connectivity index (χ3n) is 4.70. The molecule has 1 heterocycles. The van der Waals surface area contributed by atoms with Crippen LogP contribution in [0, 0.1) is 10.8 Å². The molecule has 122 valence electrons. The predicted octanol–water partition coefficient (Wildman–Crippen LogP) is 5.01. The zero-order valence-electron chi connectivity index (χ0n) is 14.6. The second-order valence-corrected chi connectivity index (χ2v) is 7.54. The van der Waals surface area contributed by atoms with Gasteiger partial charge in [0.05, 0.1) is 12.3 Å². The van der Waals surface area contributed by atoms with Gasteiger partial charge in [0, 0.05) is 22.7 Å². The topological polar surface area (TPSA) is 39.2 Å². The number of ether oxygens (including phenoxy) is 1. The SMILES string of the molecule is CC(C)(C)C(C)(C)COc1ccc(-c2ccc(C=O)cn2)cc1. The number of benzene rings is 1. The van der Waals surface area contributed by atoms with Crippen molar-refractivity contribution in [2.75, 3.05) is 6.61 Å². The Morgan fingerprint density at radius 2 is 1.65 bits per heavy atom. The first-order chi connectivity index (χ1) is 10.7. The summed E-state index contributed by atoms with van der Waals surface area (Å²) in [5.41, 5.74) is 2.69. The molecular weight excluding hydrogens is 286 g/mol. The Labute approximate surface area is 138 Å². The molecule has 3 heteroatoms. The average molecular weight is 311 g/mol. The molecule has 0 amide bonds. The maximum atomic E-state index is 10.7. The summed E-state index contributed by atoms with van der Waals surface area (Å²) in [6, 6.07) is 11.5. The van der Waals surface area contributed by atoms with Crippen LogP contribution in [0.5, 0.6) is 5.75 Å². The van der Waals surface area contributed by atoms with Crippen molar-refractivity contribution in [1.29, 1.82) is 0 Å². The number of hydrogen-bond acceptors (Lipinski definition) is 3. The highest BCUT2D eigenvalue weighted by atomic mass is 16.5. The summed E-state index contributed by atoms with van der Waals surface area (Å²) in [4.78, 5) is 15.0. The third kappa shape index (κ3) is 4.19. The fraction of sp³-hybridized carbons (Fsp3) is 0.400. The van der Waals surface area contributed by atoms with Gasteiger partial charge in [-0.3, -0.25) is 9.78 Å². The van der Waals surface area contributed by atoms with Gasteiger partial charge in [-0.2, -0.15) is 0 Å². The van der Waals surface area contributed by atoms with Crippen LogP contribution in [-0.2, 0) is 0 Å². The minimum Gasteiger partial charge on any atom is -0.493 e. The highest BCUT2D eigenvalue weighted by Gasteiger charge is 2.33.